The van der Waals surface area contributed by atoms with Gasteiger partial charge in [0.1, 0.15) is 18.1 Å². The van der Waals surface area contributed by atoms with E-state index in [1.165, 1.54) is 18.3 Å². The Morgan fingerprint density at radius 1 is 0.811 bits per heavy atom. The second kappa shape index (κ2) is 12.4. The lowest BCUT2D eigenvalue weighted by molar-refractivity contribution is 0.0734. The van der Waals surface area contributed by atoms with E-state index in [2.05, 4.69) is 10.5 Å². The zero-order valence-corrected chi connectivity index (χ0v) is 21.4. The quantitative estimate of drug-likeness (QED) is 0.108. The number of nitrogens with zero attached hydrogens (tertiary/aromatic N) is 1. The lowest BCUT2D eigenvalue weighted by Gasteiger charge is -2.10. The summed E-state index contributed by atoms with van der Waals surface area (Å²) in [6.45, 7) is 0.284. The molecule has 0 aliphatic carbocycles. The maximum Gasteiger partial charge on any atom is 0.345 e. The van der Waals surface area contributed by atoms with Gasteiger partial charge in [-0.15, -0.1) is 0 Å². The summed E-state index contributed by atoms with van der Waals surface area (Å²) in [6.07, 6.45) is 1.47. The van der Waals surface area contributed by atoms with E-state index in [1.807, 2.05) is 12.1 Å². The average molecular weight is 554 g/mol. The molecule has 4 rings (SSSR count). The van der Waals surface area contributed by atoms with Crippen molar-refractivity contribution in [1.82, 2.24) is 5.43 Å². The third kappa shape index (κ3) is 7.33. The summed E-state index contributed by atoms with van der Waals surface area (Å²) in [4.78, 5) is 25.0. The van der Waals surface area contributed by atoms with Crippen LogP contribution in [0.15, 0.2) is 96.1 Å². The molecule has 4 aromatic rings. The minimum atomic E-state index is -0.604. The number of ether oxygens (including phenoxy) is 2. The third-order valence-electron chi connectivity index (χ3n) is 5.06. The fraction of sp³-hybridized carbons (Fsp3) is 0.0357. The van der Waals surface area contributed by atoms with E-state index in [1.54, 1.807) is 66.7 Å². The van der Waals surface area contributed by atoms with Gasteiger partial charge in [0, 0.05) is 10.0 Å². The van der Waals surface area contributed by atoms with E-state index in [0.29, 0.717) is 32.7 Å². The Kier molecular flexibility index (Phi) is 8.80. The van der Waals surface area contributed by atoms with E-state index >= 15 is 0 Å². The molecular weight excluding hydrogens is 535 g/mol. The number of halogens is 3. The molecule has 0 radical (unpaired) electrons. The van der Waals surface area contributed by atoms with E-state index < -0.39 is 11.9 Å². The SMILES string of the molecule is O=C(Oc1ccc(/C=N\NC(=O)c2ccccc2OCc2ccc(Cl)cc2)cc1)c1ccc(Cl)cc1Cl. The molecule has 0 heterocycles. The molecule has 0 saturated heterocycles. The van der Waals surface area contributed by atoms with Gasteiger partial charge >= 0.3 is 5.97 Å². The highest BCUT2D eigenvalue weighted by molar-refractivity contribution is 6.36. The summed E-state index contributed by atoms with van der Waals surface area (Å²) in [6, 6.07) is 25.3. The van der Waals surface area contributed by atoms with Gasteiger partial charge in [0.15, 0.2) is 0 Å². The van der Waals surface area contributed by atoms with Crippen LogP contribution < -0.4 is 14.9 Å². The normalized spacial score (nSPS) is 10.8. The summed E-state index contributed by atoms with van der Waals surface area (Å²) in [5.74, 6) is -0.276. The molecule has 0 atom stereocenters. The van der Waals surface area contributed by atoms with Crippen LogP contribution in [0.3, 0.4) is 0 Å². The van der Waals surface area contributed by atoms with Crippen molar-refractivity contribution in [2.24, 2.45) is 5.10 Å². The van der Waals surface area contributed by atoms with Crippen molar-refractivity contribution < 1.29 is 19.1 Å². The largest absolute Gasteiger partial charge is 0.488 e. The van der Waals surface area contributed by atoms with Crippen molar-refractivity contribution in [2.45, 2.75) is 6.61 Å². The molecule has 37 heavy (non-hydrogen) atoms. The molecule has 0 aromatic heterocycles. The molecule has 186 valence electrons. The number of rotatable bonds is 8. The topological polar surface area (TPSA) is 77.0 Å². The molecule has 6 nitrogen and oxygen atoms in total. The van der Waals surface area contributed by atoms with Gasteiger partial charge in [0.25, 0.3) is 5.91 Å². The molecule has 4 aromatic carbocycles. The predicted molar refractivity (Wildman–Crippen MR) is 145 cm³/mol. The van der Waals surface area contributed by atoms with Crippen LogP contribution in [0.25, 0.3) is 0 Å². The minimum Gasteiger partial charge on any atom is -0.488 e. The maximum atomic E-state index is 12.7. The van der Waals surface area contributed by atoms with Gasteiger partial charge in [-0.1, -0.05) is 59.1 Å². The first-order valence-electron chi connectivity index (χ1n) is 11.0. The minimum absolute atomic E-state index is 0.203. The molecule has 0 fully saturated rings. The molecule has 0 bridgehead atoms. The number of carbonyl (C=O) groups excluding carboxylic acids is 2. The second-order valence-corrected chi connectivity index (χ2v) is 8.97. The molecule has 0 aliphatic rings. The van der Waals surface area contributed by atoms with Crippen LogP contribution in [0.5, 0.6) is 11.5 Å². The number of carbonyl (C=O) groups is 2. The van der Waals surface area contributed by atoms with Crippen molar-refractivity contribution >= 4 is 52.9 Å². The van der Waals surface area contributed by atoms with Crippen molar-refractivity contribution in [3.8, 4) is 11.5 Å². The second-order valence-electron chi connectivity index (χ2n) is 7.69. The van der Waals surface area contributed by atoms with Crippen LogP contribution in [0.1, 0.15) is 31.8 Å². The summed E-state index contributed by atoms with van der Waals surface area (Å²) >= 11 is 17.8. The van der Waals surface area contributed by atoms with Gasteiger partial charge in [0.05, 0.1) is 22.4 Å². The first kappa shape index (κ1) is 26.2. The smallest absolute Gasteiger partial charge is 0.345 e. The molecule has 0 aliphatic heterocycles. The lowest BCUT2D eigenvalue weighted by Crippen LogP contribution is -2.18. The number of esters is 1. The highest BCUT2D eigenvalue weighted by atomic mass is 35.5. The highest BCUT2D eigenvalue weighted by Gasteiger charge is 2.14. The van der Waals surface area contributed by atoms with Crippen LogP contribution in [0, 0.1) is 0 Å². The summed E-state index contributed by atoms with van der Waals surface area (Å²) in [5, 5.41) is 5.28. The lowest BCUT2D eigenvalue weighted by atomic mass is 10.2. The monoisotopic (exact) mass is 552 g/mol. The molecule has 9 heteroatoms. The van der Waals surface area contributed by atoms with Crippen molar-refractivity contribution in [1.29, 1.82) is 0 Å². The van der Waals surface area contributed by atoms with Crippen LogP contribution >= 0.6 is 34.8 Å². The first-order valence-corrected chi connectivity index (χ1v) is 12.1. The number of hydrazone groups is 1. The number of amides is 1. The number of hydrogen-bond acceptors (Lipinski definition) is 5. The number of hydrogen-bond donors (Lipinski definition) is 1. The molecule has 1 amide bonds. The fourth-order valence-electron chi connectivity index (χ4n) is 3.19. The molecule has 0 unspecified atom stereocenters. The summed E-state index contributed by atoms with van der Waals surface area (Å²) < 4.78 is 11.2. The number of para-hydroxylation sites is 1. The summed E-state index contributed by atoms with van der Waals surface area (Å²) in [7, 11) is 0. The zero-order valence-electron chi connectivity index (χ0n) is 19.2. The van der Waals surface area contributed by atoms with Crippen LogP contribution in [0.4, 0.5) is 0 Å². The third-order valence-corrected chi connectivity index (χ3v) is 5.86. The van der Waals surface area contributed by atoms with Crippen molar-refractivity contribution in [3.05, 3.63) is 128 Å². The highest BCUT2D eigenvalue weighted by Crippen LogP contribution is 2.23. The zero-order chi connectivity index (χ0) is 26.2. The Morgan fingerprint density at radius 3 is 2.24 bits per heavy atom. The molecule has 0 spiro atoms. The van der Waals surface area contributed by atoms with E-state index in [4.69, 9.17) is 44.3 Å². The summed E-state index contributed by atoms with van der Waals surface area (Å²) in [5.41, 5.74) is 4.64. The Balaban J connectivity index is 1.33. The number of benzene rings is 4. The van der Waals surface area contributed by atoms with Gasteiger partial charge in [-0.2, -0.15) is 5.10 Å². The van der Waals surface area contributed by atoms with E-state index in [0.717, 1.165) is 5.56 Å². The number of nitrogens with one attached hydrogen (secondary N) is 1. The first-order chi connectivity index (χ1) is 17.9. The predicted octanol–water partition coefficient (Wildman–Crippen LogP) is 7.21. The Bertz CT molecular complexity index is 1440. The molecular formula is C28H19Cl3N2O4. The maximum absolute atomic E-state index is 12.7. The fourth-order valence-corrected chi connectivity index (χ4v) is 3.80. The Morgan fingerprint density at radius 2 is 1.51 bits per heavy atom. The van der Waals surface area contributed by atoms with Gasteiger partial charge in [-0.3, -0.25) is 4.79 Å². The Hall–Kier alpha value is -3.84. The van der Waals surface area contributed by atoms with E-state index in [9.17, 15) is 9.59 Å². The van der Waals surface area contributed by atoms with Gasteiger partial charge < -0.3 is 9.47 Å². The standard InChI is InChI=1S/C28H19Cl3N2O4/c29-20-9-5-19(6-10-20)17-36-26-4-2-1-3-24(26)27(34)33-32-16-18-7-12-22(13-8-18)37-28(35)23-14-11-21(30)15-25(23)31/h1-16H,17H2,(H,33,34)/b32-16-. The molecule has 0 saturated carbocycles. The van der Waals surface area contributed by atoms with Crippen LogP contribution in [-0.2, 0) is 6.61 Å². The van der Waals surface area contributed by atoms with Gasteiger partial charge in [-0.05, 0) is 77.9 Å². The molecule has 1 N–H and O–H groups in total. The Labute approximate surface area is 228 Å². The average Bonchev–Trinajstić information content (AvgIpc) is 2.89. The van der Waals surface area contributed by atoms with Crippen molar-refractivity contribution in [2.75, 3.05) is 0 Å². The van der Waals surface area contributed by atoms with Crippen molar-refractivity contribution in [3.63, 3.8) is 0 Å². The van der Waals surface area contributed by atoms with Gasteiger partial charge in [0.2, 0.25) is 0 Å². The van der Waals surface area contributed by atoms with Gasteiger partial charge in [-0.25, -0.2) is 10.2 Å². The van der Waals surface area contributed by atoms with Crippen LogP contribution in [-0.4, -0.2) is 18.1 Å². The van der Waals surface area contributed by atoms with E-state index in [-0.39, 0.29) is 17.2 Å². The van der Waals surface area contributed by atoms with Crippen LogP contribution in [0.2, 0.25) is 15.1 Å².